The molecule has 1 aromatic heterocycles. The van der Waals surface area contributed by atoms with Crippen LogP contribution in [0.2, 0.25) is 0 Å². The van der Waals surface area contributed by atoms with Crippen molar-refractivity contribution in [3.8, 4) is 0 Å². The van der Waals surface area contributed by atoms with Gasteiger partial charge in [0.05, 0.1) is 12.6 Å². The molecule has 14 heavy (non-hydrogen) atoms. The summed E-state index contributed by atoms with van der Waals surface area (Å²) in [5, 5.41) is 17.0. The van der Waals surface area contributed by atoms with Crippen molar-refractivity contribution in [2.24, 2.45) is 0 Å². The first-order chi connectivity index (χ1) is 6.86. The molecule has 1 heterocycles. The van der Waals surface area contributed by atoms with Gasteiger partial charge in [0.1, 0.15) is 0 Å². The first kappa shape index (κ1) is 9.68. The molecule has 2 atom stereocenters. The lowest BCUT2D eigenvalue weighted by Gasteiger charge is -2.16. The third-order valence-corrected chi connectivity index (χ3v) is 2.79. The van der Waals surface area contributed by atoms with E-state index in [4.69, 9.17) is 0 Å². The van der Waals surface area contributed by atoms with Gasteiger partial charge in [-0.1, -0.05) is 0 Å². The maximum Gasteiger partial charge on any atom is 0.0693 e. The van der Waals surface area contributed by atoms with Crippen LogP contribution in [0.5, 0.6) is 0 Å². The lowest BCUT2D eigenvalue weighted by molar-refractivity contribution is 0.148. The fraction of sp³-hybridized carbons (Fsp3) is 0.700. The summed E-state index contributed by atoms with van der Waals surface area (Å²) in [6, 6.07) is 2.22. The Hall–Kier alpha value is -0.870. The molecular formula is C10H17N3O. The Balaban J connectivity index is 1.68. The quantitative estimate of drug-likeness (QED) is 0.730. The fourth-order valence-electron chi connectivity index (χ4n) is 1.98. The molecule has 0 saturated heterocycles. The van der Waals surface area contributed by atoms with Crippen LogP contribution in [0.25, 0.3) is 0 Å². The smallest absolute Gasteiger partial charge is 0.0693 e. The molecule has 1 aliphatic rings. The minimum Gasteiger partial charge on any atom is -0.392 e. The van der Waals surface area contributed by atoms with Crippen molar-refractivity contribution >= 4 is 0 Å². The molecule has 4 heteroatoms. The van der Waals surface area contributed by atoms with Crippen LogP contribution in [0, 0.1) is 0 Å². The number of rotatable bonds is 4. The van der Waals surface area contributed by atoms with Gasteiger partial charge >= 0.3 is 0 Å². The number of aromatic nitrogens is 2. The van der Waals surface area contributed by atoms with E-state index in [1.165, 1.54) is 0 Å². The van der Waals surface area contributed by atoms with Gasteiger partial charge in [0, 0.05) is 25.0 Å². The van der Waals surface area contributed by atoms with Gasteiger partial charge < -0.3 is 10.4 Å². The zero-order valence-corrected chi connectivity index (χ0v) is 8.26. The van der Waals surface area contributed by atoms with Crippen LogP contribution in [-0.4, -0.2) is 33.6 Å². The summed E-state index contributed by atoms with van der Waals surface area (Å²) in [6.45, 7) is 1.75. The summed E-state index contributed by atoms with van der Waals surface area (Å²) >= 11 is 0. The number of aliphatic hydroxyl groups is 1. The highest BCUT2D eigenvalue weighted by Crippen LogP contribution is 2.18. The Morgan fingerprint density at radius 3 is 3.07 bits per heavy atom. The van der Waals surface area contributed by atoms with Crippen molar-refractivity contribution in [1.82, 2.24) is 15.1 Å². The molecule has 1 fully saturated rings. The van der Waals surface area contributed by atoms with Crippen molar-refractivity contribution in [2.45, 2.75) is 38.0 Å². The highest BCUT2D eigenvalue weighted by molar-refractivity contribution is 4.83. The van der Waals surface area contributed by atoms with Gasteiger partial charge in [0.15, 0.2) is 0 Å². The summed E-state index contributed by atoms with van der Waals surface area (Å²) < 4.78 is 1.90. The van der Waals surface area contributed by atoms with Crippen molar-refractivity contribution in [3.05, 3.63) is 18.5 Å². The van der Waals surface area contributed by atoms with E-state index >= 15 is 0 Å². The van der Waals surface area contributed by atoms with E-state index in [1.54, 1.807) is 6.20 Å². The Labute approximate surface area is 83.9 Å². The fourth-order valence-corrected chi connectivity index (χ4v) is 1.98. The van der Waals surface area contributed by atoms with Crippen LogP contribution in [0.1, 0.15) is 19.3 Å². The topological polar surface area (TPSA) is 50.1 Å². The molecule has 1 aromatic rings. The molecule has 0 bridgehead atoms. The third-order valence-electron chi connectivity index (χ3n) is 2.79. The van der Waals surface area contributed by atoms with Crippen molar-refractivity contribution in [1.29, 1.82) is 0 Å². The van der Waals surface area contributed by atoms with Crippen LogP contribution in [-0.2, 0) is 6.54 Å². The van der Waals surface area contributed by atoms with Crippen molar-refractivity contribution in [3.63, 3.8) is 0 Å². The van der Waals surface area contributed by atoms with Gasteiger partial charge in [-0.25, -0.2) is 0 Å². The SMILES string of the molecule is O[C@@H]1CCC[C@H]1NCCn1cccn1. The second kappa shape index (κ2) is 4.57. The lowest BCUT2D eigenvalue weighted by atomic mass is 10.2. The Morgan fingerprint density at radius 1 is 1.50 bits per heavy atom. The molecule has 1 aliphatic carbocycles. The summed E-state index contributed by atoms with van der Waals surface area (Å²) in [5.41, 5.74) is 0. The first-order valence-electron chi connectivity index (χ1n) is 5.25. The molecule has 0 amide bonds. The van der Waals surface area contributed by atoms with E-state index in [9.17, 15) is 5.11 Å². The zero-order chi connectivity index (χ0) is 9.80. The number of hydrogen-bond acceptors (Lipinski definition) is 3. The number of aliphatic hydroxyl groups excluding tert-OH is 1. The highest BCUT2D eigenvalue weighted by Gasteiger charge is 2.23. The standard InChI is InChI=1S/C10H17N3O/c14-10-4-1-3-9(10)11-6-8-13-7-2-5-12-13/h2,5,7,9-11,14H,1,3-4,6,8H2/t9-,10-/m1/s1. The molecule has 0 aliphatic heterocycles. The summed E-state index contributed by atoms with van der Waals surface area (Å²) in [4.78, 5) is 0. The third kappa shape index (κ3) is 2.33. The molecule has 78 valence electrons. The van der Waals surface area contributed by atoms with Gasteiger partial charge in [0.25, 0.3) is 0 Å². The van der Waals surface area contributed by atoms with E-state index in [1.807, 2.05) is 16.9 Å². The van der Waals surface area contributed by atoms with E-state index in [0.29, 0.717) is 6.04 Å². The summed E-state index contributed by atoms with van der Waals surface area (Å²) in [7, 11) is 0. The Kier molecular flexibility index (Phi) is 3.16. The highest BCUT2D eigenvalue weighted by atomic mass is 16.3. The largest absolute Gasteiger partial charge is 0.392 e. The lowest BCUT2D eigenvalue weighted by Crippen LogP contribution is -2.37. The molecule has 0 spiro atoms. The van der Waals surface area contributed by atoms with Crippen molar-refractivity contribution in [2.75, 3.05) is 6.54 Å². The van der Waals surface area contributed by atoms with Gasteiger partial charge in [-0.2, -0.15) is 5.10 Å². The molecular weight excluding hydrogens is 178 g/mol. The Morgan fingerprint density at radius 2 is 2.43 bits per heavy atom. The average molecular weight is 195 g/mol. The summed E-state index contributed by atoms with van der Waals surface area (Å²) in [6.07, 6.45) is 6.77. The van der Waals surface area contributed by atoms with Gasteiger partial charge in [-0.3, -0.25) is 4.68 Å². The predicted octanol–water partition coefficient (Wildman–Crippen LogP) is 0.386. The monoisotopic (exact) mass is 195 g/mol. The Bertz CT molecular complexity index is 260. The minimum absolute atomic E-state index is 0.146. The second-order valence-corrected chi connectivity index (χ2v) is 3.83. The first-order valence-corrected chi connectivity index (χ1v) is 5.25. The molecule has 0 aromatic carbocycles. The van der Waals surface area contributed by atoms with Crippen LogP contribution >= 0.6 is 0 Å². The second-order valence-electron chi connectivity index (χ2n) is 3.83. The van der Waals surface area contributed by atoms with Gasteiger partial charge in [-0.05, 0) is 25.3 Å². The average Bonchev–Trinajstić information content (AvgIpc) is 2.78. The van der Waals surface area contributed by atoms with Crippen LogP contribution in [0.4, 0.5) is 0 Å². The number of nitrogens with zero attached hydrogens (tertiary/aromatic N) is 2. The number of hydrogen-bond donors (Lipinski definition) is 2. The molecule has 2 N–H and O–H groups in total. The molecule has 0 radical (unpaired) electrons. The maximum atomic E-state index is 9.56. The molecule has 2 rings (SSSR count). The van der Waals surface area contributed by atoms with E-state index < -0.39 is 0 Å². The minimum atomic E-state index is -0.146. The molecule has 4 nitrogen and oxygen atoms in total. The maximum absolute atomic E-state index is 9.56. The molecule has 1 saturated carbocycles. The van der Waals surface area contributed by atoms with Gasteiger partial charge in [0.2, 0.25) is 0 Å². The van der Waals surface area contributed by atoms with E-state index in [0.717, 1.165) is 32.4 Å². The zero-order valence-electron chi connectivity index (χ0n) is 8.26. The molecule has 0 unspecified atom stereocenters. The van der Waals surface area contributed by atoms with Gasteiger partial charge in [-0.15, -0.1) is 0 Å². The van der Waals surface area contributed by atoms with Crippen LogP contribution in [0.3, 0.4) is 0 Å². The normalized spacial score (nSPS) is 26.9. The summed E-state index contributed by atoms with van der Waals surface area (Å²) in [5.74, 6) is 0. The van der Waals surface area contributed by atoms with E-state index in [2.05, 4.69) is 10.4 Å². The predicted molar refractivity (Wildman–Crippen MR) is 53.9 cm³/mol. The van der Waals surface area contributed by atoms with Crippen LogP contribution in [0.15, 0.2) is 18.5 Å². The van der Waals surface area contributed by atoms with Crippen LogP contribution < -0.4 is 5.32 Å². The number of nitrogens with one attached hydrogen (secondary N) is 1. The van der Waals surface area contributed by atoms with E-state index in [-0.39, 0.29) is 6.10 Å². The van der Waals surface area contributed by atoms with Crippen molar-refractivity contribution < 1.29 is 5.11 Å².